The maximum absolute atomic E-state index is 13.6. The molecule has 4 nitrogen and oxygen atoms in total. The minimum atomic E-state index is -0.575. The first-order valence-corrected chi connectivity index (χ1v) is 6.87. The highest BCUT2D eigenvalue weighted by atomic mass is 19.1. The monoisotopic (exact) mass is 316 g/mol. The van der Waals surface area contributed by atoms with Crippen LogP contribution >= 0.6 is 0 Å². The number of halogens is 1. The third kappa shape index (κ3) is 3.88. The second-order valence-corrected chi connectivity index (χ2v) is 4.65. The molecule has 0 amide bonds. The summed E-state index contributed by atoms with van der Waals surface area (Å²) in [6.45, 7) is 0. The van der Waals surface area contributed by atoms with E-state index >= 15 is 0 Å². The molecular formula is C18H17FO4. The van der Waals surface area contributed by atoms with E-state index in [-0.39, 0.29) is 17.1 Å². The topological polar surface area (TPSA) is 44.8 Å². The molecule has 5 heteroatoms. The molecule has 0 unspecified atom stereocenters. The van der Waals surface area contributed by atoms with Gasteiger partial charge in [0.05, 0.1) is 21.3 Å². The number of rotatable bonds is 6. The third-order valence-electron chi connectivity index (χ3n) is 3.29. The molecule has 2 aromatic carbocycles. The first-order chi connectivity index (χ1) is 11.1. The van der Waals surface area contributed by atoms with Gasteiger partial charge in [0.2, 0.25) is 0 Å². The number of allylic oxidation sites excluding steroid dienone is 1. The summed E-state index contributed by atoms with van der Waals surface area (Å²) < 4.78 is 28.8. The van der Waals surface area contributed by atoms with E-state index in [0.717, 1.165) is 11.6 Å². The fraction of sp³-hybridized carbons (Fsp3) is 0.167. The lowest BCUT2D eigenvalue weighted by molar-refractivity contribution is 0.104. The molecule has 120 valence electrons. The Labute approximate surface area is 134 Å². The maximum atomic E-state index is 13.6. The summed E-state index contributed by atoms with van der Waals surface area (Å²) in [4.78, 5) is 12.1. The molecule has 0 saturated heterocycles. The Bertz CT molecular complexity index is 738. The second kappa shape index (κ2) is 7.45. The van der Waals surface area contributed by atoms with Crippen molar-refractivity contribution in [2.45, 2.75) is 0 Å². The van der Waals surface area contributed by atoms with Crippen molar-refractivity contribution in [3.05, 3.63) is 59.4 Å². The van der Waals surface area contributed by atoms with Gasteiger partial charge in [-0.15, -0.1) is 0 Å². The lowest BCUT2D eigenvalue weighted by atomic mass is 10.1. The Morgan fingerprint density at radius 2 is 1.70 bits per heavy atom. The summed E-state index contributed by atoms with van der Waals surface area (Å²) in [5, 5.41) is 0. The van der Waals surface area contributed by atoms with E-state index in [0.29, 0.717) is 11.5 Å². The van der Waals surface area contributed by atoms with Crippen LogP contribution < -0.4 is 14.2 Å². The highest BCUT2D eigenvalue weighted by molar-refractivity contribution is 6.07. The zero-order chi connectivity index (χ0) is 16.8. The lowest BCUT2D eigenvalue weighted by Gasteiger charge is -2.07. The molecule has 0 fully saturated rings. The van der Waals surface area contributed by atoms with E-state index < -0.39 is 5.82 Å². The van der Waals surface area contributed by atoms with Gasteiger partial charge in [-0.05, 0) is 42.5 Å². The summed E-state index contributed by atoms with van der Waals surface area (Å²) in [6.07, 6.45) is 2.98. The number of carbonyl (C=O) groups is 1. The Hall–Kier alpha value is -2.82. The fourth-order valence-electron chi connectivity index (χ4n) is 2.04. The first-order valence-electron chi connectivity index (χ1n) is 6.87. The van der Waals surface area contributed by atoms with Gasteiger partial charge < -0.3 is 14.2 Å². The van der Waals surface area contributed by atoms with Gasteiger partial charge in [0, 0.05) is 17.2 Å². The van der Waals surface area contributed by atoms with Crippen molar-refractivity contribution in [2.24, 2.45) is 0 Å². The number of hydrogen-bond acceptors (Lipinski definition) is 4. The standard InChI is InChI=1S/C18H17FO4/c1-21-14-7-4-12(18(11-14)23-3)5-8-16(20)13-6-9-17(22-2)15(19)10-13/h4-11H,1-3H3. The number of hydrogen-bond donors (Lipinski definition) is 0. The van der Waals surface area contributed by atoms with Crippen molar-refractivity contribution in [3.8, 4) is 17.2 Å². The van der Waals surface area contributed by atoms with Crippen molar-refractivity contribution >= 4 is 11.9 Å². The van der Waals surface area contributed by atoms with E-state index in [1.807, 2.05) is 0 Å². The van der Waals surface area contributed by atoms with Gasteiger partial charge in [-0.3, -0.25) is 4.79 Å². The molecule has 0 N–H and O–H groups in total. The third-order valence-corrected chi connectivity index (χ3v) is 3.29. The number of carbonyl (C=O) groups excluding carboxylic acids is 1. The van der Waals surface area contributed by atoms with Crippen molar-refractivity contribution in [3.63, 3.8) is 0 Å². The van der Waals surface area contributed by atoms with Crippen molar-refractivity contribution in [1.29, 1.82) is 0 Å². The smallest absolute Gasteiger partial charge is 0.185 e. The fourth-order valence-corrected chi connectivity index (χ4v) is 2.04. The van der Waals surface area contributed by atoms with Gasteiger partial charge in [0.1, 0.15) is 11.5 Å². The summed E-state index contributed by atoms with van der Waals surface area (Å²) in [6, 6.07) is 9.34. The molecule has 0 aromatic heterocycles. The average molecular weight is 316 g/mol. The Morgan fingerprint density at radius 3 is 2.30 bits per heavy atom. The summed E-state index contributed by atoms with van der Waals surface area (Å²) >= 11 is 0. The van der Waals surface area contributed by atoms with Crippen LogP contribution in [0.2, 0.25) is 0 Å². The summed E-state index contributed by atoms with van der Waals surface area (Å²) in [5.74, 6) is 0.442. The summed E-state index contributed by atoms with van der Waals surface area (Å²) in [7, 11) is 4.47. The molecule has 23 heavy (non-hydrogen) atoms. The van der Waals surface area contributed by atoms with Gasteiger partial charge in [0.25, 0.3) is 0 Å². The molecule has 0 aliphatic heterocycles. The molecular weight excluding hydrogens is 299 g/mol. The maximum Gasteiger partial charge on any atom is 0.185 e. The number of methoxy groups -OCH3 is 3. The van der Waals surface area contributed by atoms with Gasteiger partial charge >= 0.3 is 0 Å². The van der Waals surface area contributed by atoms with Crippen LogP contribution in [-0.4, -0.2) is 27.1 Å². The van der Waals surface area contributed by atoms with E-state index in [2.05, 4.69) is 0 Å². The molecule has 2 aromatic rings. The minimum Gasteiger partial charge on any atom is -0.497 e. The van der Waals surface area contributed by atoms with Crippen LogP contribution in [0.1, 0.15) is 15.9 Å². The first kappa shape index (κ1) is 16.5. The number of ketones is 1. The van der Waals surface area contributed by atoms with Crippen molar-refractivity contribution in [2.75, 3.05) is 21.3 Å². The predicted octanol–water partition coefficient (Wildman–Crippen LogP) is 3.75. The van der Waals surface area contributed by atoms with Crippen LogP contribution in [0.5, 0.6) is 17.2 Å². The van der Waals surface area contributed by atoms with Crippen LogP contribution in [0.4, 0.5) is 4.39 Å². The molecule has 0 bridgehead atoms. The minimum absolute atomic E-state index is 0.0994. The van der Waals surface area contributed by atoms with Gasteiger partial charge in [-0.1, -0.05) is 0 Å². The van der Waals surface area contributed by atoms with Gasteiger partial charge in [-0.25, -0.2) is 4.39 Å². The quantitative estimate of drug-likeness (QED) is 0.601. The largest absolute Gasteiger partial charge is 0.497 e. The molecule has 0 spiro atoms. The second-order valence-electron chi connectivity index (χ2n) is 4.65. The molecule has 0 heterocycles. The van der Waals surface area contributed by atoms with Crippen LogP contribution in [0, 0.1) is 5.82 Å². The lowest BCUT2D eigenvalue weighted by Crippen LogP contribution is -1.97. The van der Waals surface area contributed by atoms with Crippen LogP contribution in [0.3, 0.4) is 0 Å². The molecule has 2 rings (SSSR count). The van der Waals surface area contributed by atoms with Crippen LogP contribution in [0.15, 0.2) is 42.5 Å². The van der Waals surface area contributed by atoms with Crippen molar-refractivity contribution in [1.82, 2.24) is 0 Å². The Morgan fingerprint density at radius 1 is 0.957 bits per heavy atom. The normalized spacial score (nSPS) is 10.6. The number of benzene rings is 2. The Kier molecular flexibility index (Phi) is 5.36. The van der Waals surface area contributed by atoms with E-state index in [4.69, 9.17) is 14.2 Å². The molecule has 0 aliphatic rings. The molecule has 0 radical (unpaired) electrons. The zero-order valence-electron chi connectivity index (χ0n) is 13.1. The van der Waals surface area contributed by atoms with E-state index in [9.17, 15) is 9.18 Å². The van der Waals surface area contributed by atoms with Crippen LogP contribution in [0.25, 0.3) is 6.08 Å². The number of ether oxygens (including phenoxy) is 3. The summed E-state index contributed by atoms with van der Waals surface area (Å²) in [5.41, 5.74) is 0.961. The highest BCUT2D eigenvalue weighted by Crippen LogP contribution is 2.26. The van der Waals surface area contributed by atoms with Gasteiger partial charge in [0.15, 0.2) is 17.3 Å². The Balaban J connectivity index is 2.22. The van der Waals surface area contributed by atoms with E-state index in [1.165, 1.54) is 32.4 Å². The zero-order valence-corrected chi connectivity index (χ0v) is 13.1. The molecule has 0 atom stereocenters. The SMILES string of the molecule is COc1ccc(C=CC(=O)c2ccc(OC)c(F)c2)c(OC)c1. The molecule has 0 saturated carbocycles. The van der Waals surface area contributed by atoms with Gasteiger partial charge in [-0.2, -0.15) is 0 Å². The van der Waals surface area contributed by atoms with Crippen LogP contribution in [-0.2, 0) is 0 Å². The highest BCUT2D eigenvalue weighted by Gasteiger charge is 2.08. The molecule has 0 aliphatic carbocycles. The van der Waals surface area contributed by atoms with E-state index in [1.54, 1.807) is 31.4 Å². The predicted molar refractivity (Wildman–Crippen MR) is 85.9 cm³/mol. The average Bonchev–Trinajstić information content (AvgIpc) is 2.59. The van der Waals surface area contributed by atoms with Crippen molar-refractivity contribution < 1.29 is 23.4 Å².